The van der Waals surface area contributed by atoms with Gasteiger partial charge in [0.15, 0.2) is 0 Å². The fraction of sp³-hybridized carbons (Fsp3) is 0.136. The van der Waals surface area contributed by atoms with Crippen molar-refractivity contribution in [2.24, 2.45) is 0 Å². The normalized spacial score (nSPS) is 13.3. The SMILES string of the molecule is CCN1C(=O)c2cccc3c(NNC(=O)Nc4ccc(C(F)(F)F)cc4)ccc(c23)C1=O. The van der Waals surface area contributed by atoms with Crippen molar-refractivity contribution in [1.82, 2.24) is 10.3 Å². The Morgan fingerprint density at radius 3 is 2.22 bits per heavy atom. The number of carbonyl (C=O) groups is 3. The molecule has 0 bridgehead atoms. The number of urea groups is 1. The van der Waals surface area contributed by atoms with Gasteiger partial charge in [0.2, 0.25) is 0 Å². The molecule has 10 heteroatoms. The summed E-state index contributed by atoms with van der Waals surface area (Å²) in [5.74, 6) is -0.776. The van der Waals surface area contributed by atoms with Gasteiger partial charge in [-0.1, -0.05) is 12.1 Å². The van der Waals surface area contributed by atoms with Crippen molar-refractivity contribution < 1.29 is 27.6 Å². The Morgan fingerprint density at radius 2 is 1.59 bits per heavy atom. The number of rotatable bonds is 4. The molecule has 0 saturated carbocycles. The van der Waals surface area contributed by atoms with Crippen LogP contribution < -0.4 is 16.2 Å². The maximum atomic E-state index is 12.6. The Balaban J connectivity index is 1.53. The molecule has 4 rings (SSSR count). The van der Waals surface area contributed by atoms with Crippen LogP contribution in [-0.2, 0) is 6.18 Å². The van der Waals surface area contributed by atoms with Crippen LogP contribution in [0.3, 0.4) is 0 Å². The lowest BCUT2D eigenvalue weighted by molar-refractivity contribution is -0.137. The van der Waals surface area contributed by atoms with Gasteiger partial charge in [0, 0.05) is 34.1 Å². The monoisotopic (exact) mass is 442 g/mol. The Labute approximate surface area is 180 Å². The molecule has 3 aromatic carbocycles. The van der Waals surface area contributed by atoms with Crippen molar-refractivity contribution in [2.45, 2.75) is 13.1 Å². The molecule has 164 valence electrons. The topological polar surface area (TPSA) is 90.5 Å². The summed E-state index contributed by atoms with van der Waals surface area (Å²) in [6.45, 7) is 1.97. The molecule has 0 fully saturated rings. The molecule has 0 atom stereocenters. The van der Waals surface area contributed by atoms with E-state index >= 15 is 0 Å². The lowest BCUT2D eigenvalue weighted by Gasteiger charge is -2.26. The number of hydrogen-bond donors (Lipinski definition) is 3. The van der Waals surface area contributed by atoms with E-state index in [9.17, 15) is 27.6 Å². The second kappa shape index (κ2) is 7.88. The molecule has 1 heterocycles. The van der Waals surface area contributed by atoms with E-state index in [1.165, 1.54) is 4.90 Å². The molecule has 1 aliphatic rings. The van der Waals surface area contributed by atoms with Gasteiger partial charge < -0.3 is 5.32 Å². The highest BCUT2D eigenvalue weighted by molar-refractivity contribution is 6.26. The maximum Gasteiger partial charge on any atom is 0.416 e. The largest absolute Gasteiger partial charge is 0.416 e. The number of amides is 4. The lowest BCUT2D eigenvalue weighted by atomic mass is 9.93. The van der Waals surface area contributed by atoms with Crippen LogP contribution in [-0.4, -0.2) is 29.3 Å². The lowest BCUT2D eigenvalue weighted by Crippen LogP contribution is -2.40. The minimum atomic E-state index is -4.46. The average Bonchev–Trinajstić information content (AvgIpc) is 2.76. The summed E-state index contributed by atoms with van der Waals surface area (Å²) in [5.41, 5.74) is 5.69. The third-order valence-corrected chi connectivity index (χ3v) is 5.09. The zero-order chi connectivity index (χ0) is 23.0. The van der Waals surface area contributed by atoms with Crippen molar-refractivity contribution in [3.05, 3.63) is 71.3 Å². The first kappa shape index (κ1) is 21.2. The molecule has 32 heavy (non-hydrogen) atoms. The smallest absolute Gasteiger partial charge is 0.307 e. The first-order chi connectivity index (χ1) is 15.2. The summed E-state index contributed by atoms with van der Waals surface area (Å²) >= 11 is 0. The fourth-order valence-electron chi connectivity index (χ4n) is 3.57. The third-order valence-electron chi connectivity index (χ3n) is 5.09. The van der Waals surface area contributed by atoms with Crippen molar-refractivity contribution in [3.63, 3.8) is 0 Å². The number of nitrogens with one attached hydrogen (secondary N) is 3. The molecule has 7 nitrogen and oxygen atoms in total. The average molecular weight is 442 g/mol. The molecule has 4 amide bonds. The van der Waals surface area contributed by atoms with Gasteiger partial charge in [0.25, 0.3) is 11.8 Å². The van der Waals surface area contributed by atoms with Crippen LogP contribution in [0.15, 0.2) is 54.6 Å². The summed E-state index contributed by atoms with van der Waals surface area (Å²) in [7, 11) is 0. The van der Waals surface area contributed by atoms with E-state index in [-0.39, 0.29) is 24.0 Å². The van der Waals surface area contributed by atoms with E-state index < -0.39 is 17.8 Å². The van der Waals surface area contributed by atoms with Gasteiger partial charge in [-0.15, -0.1) is 0 Å². The summed E-state index contributed by atoms with van der Waals surface area (Å²) < 4.78 is 37.9. The number of benzene rings is 3. The highest BCUT2D eigenvalue weighted by Crippen LogP contribution is 2.34. The van der Waals surface area contributed by atoms with Crippen LogP contribution in [0.5, 0.6) is 0 Å². The third kappa shape index (κ3) is 3.70. The van der Waals surface area contributed by atoms with E-state index in [1.54, 1.807) is 37.3 Å². The zero-order valence-electron chi connectivity index (χ0n) is 16.7. The van der Waals surface area contributed by atoms with Crippen LogP contribution in [0, 0.1) is 0 Å². The quantitative estimate of drug-likeness (QED) is 0.406. The molecule has 0 spiro atoms. The van der Waals surface area contributed by atoms with Crippen molar-refractivity contribution >= 4 is 40.0 Å². The van der Waals surface area contributed by atoms with Crippen LogP contribution in [0.4, 0.5) is 29.3 Å². The van der Waals surface area contributed by atoms with Gasteiger partial charge in [0.05, 0.1) is 11.3 Å². The van der Waals surface area contributed by atoms with Crippen molar-refractivity contribution in [3.8, 4) is 0 Å². The van der Waals surface area contributed by atoms with E-state index in [1.807, 2.05) is 0 Å². The standard InChI is InChI=1S/C22H17F3N4O3/c1-2-29-19(30)15-5-3-4-14-17(11-10-16(18(14)15)20(29)31)27-28-21(32)26-13-8-6-12(7-9-13)22(23,24)25/h3-11,27H,2H2,1H3,(H2,26,28,32). The van der Waals surface area contributed by atoms with Crippen molar-refractivity contribution in [2.75, 3.05) is 17.3 Å². The fourth-order valence-corrected chi connectivity index (χ4v) is 3.57. The molecular weight excluding hydrogens is 425 g/mol. The highest BCUT2D eigenvalue weighted by atomic mass is 19.4. The second-order valence-corrected chi connectivity index (χ2v) is 7.02. The number of imide groups is 1. The van der Waals surface area contributed by atoms with E-state index in [2.05, 4.69) is 16.2 Å². The van der Waals surface area contributed by atoms with Gasteiger partial charge in [-0.3, -0.25) is 25.3 Å². The van der Waals surface area contributed by atoms with Crippen LogP contribution in [0.2, 0.25) is 0 Å². The van der Waals surface area contributed by atoms with Crippen molar-refractivity contribution in [1.29, 1.82) is 0 Å². The van der Waals surface area contributed by atoms with E-state index in [4.69, 9.17) is 0 Å². The Kier molecular flexibility index (Phi) is 5.21. The number of anilines is 2. The summed E-state index contributed by atoms with van der Waals surface area (Å²) in [5, 5.41) is 3.47. The van der Waals surface area contributed by atoms with E-state index in [0.29, 0.717) is 27.6 Å². The van der Waals surface area contributed by atoms with Gasteiger partial charge in [-0.25, -0.2) is 4.79 Å². The number of nitrogens with zero attached hydrogens (tertiary/aromatic N) is 1. The molecule has 3 N–H and O–H groups in total. The van der Waals surface area contributed by atoms with Gasteiger partial charge in [-0.2, -0.15) is 13.2 Å². The van der Waals surface area contributed by atoms with Gasteiger partial charge in [-0.05, 0) is 49.4 Å². The molecule has 0 saturated heterocycles. The minimum Gasteiger partial charge on any atom is -0.307 e. The number of halogens is 3. The first-order valence-corrected chi connectivity index (χ1v) is 9.63. The first-order valence-electron chi connectivity index (χ1n) is 9.63. The molecule has 0 unspecified atom stereocenters. The highest BCUT2D eigenvalue weighted by Gasteiger charge is 2.32. The zero-order valence-corrected chi connectivity index (χ0v) is 16.7. The molecule has 0 aromatic heterocycles. The van der Waals surface area contributed by atoms with Crippen LogP contribution in [0.25, 0.3) is 10.8 Å². The maximum absolute atomic E-state index is 12.6. The van der Waals surface area contributed by atoms with Crippen LogP contribution >= 0.6 is 0 Å². The van der Waals surface area contributed by atoms with Crippen LogP contribution in [0.1, 0.15) is 33.2 Å². The second-order valence-electron chi connectivity index (χ2n) is 7.02. The molecule has 1 aliphatic heterocycles. The summed E-state index contributed by atoms with van der Waals surface area (Å²) in [6, 6.07) is 11.5. The molecular formula is C22H17F3N4O3. The Hall–Kier alpha value is -4.08. The number of carbonyl (C=O) groups excluding carboxylic acids is 3. The summed E-state index contributed by atoms with van der Waals surface area (Å²) in [4.78, 5) is 38.6. The predicted octanol–water partition coefficient (Wildman–Crippen LogP) is 4.62. The predicted molar refractivity (Wildman–Crippen MR) is 112 cm³/mol. The Morgan fingerprint density at radius 1 is 0.938 bits per heavy atom. The Bertz CT molecular complexity index is 1220. The summed E-state index contributed by atoms with van der Waals surface area (Å²) in [6.07, 6.45) is -4.46. The molecule has 3 aromatic rings. The van der Waals surface area contributed by atoms with Gasteiger partial charge >= 0.3 is 12.2 Å². The molecule has 0 radical (unpaired) electrons. The minimum absolute atomic E-state index is 0.171. The van der Waals surface area contributed by atoms with E-state index in [0.717, 1.165) is 24.3 Å². The molecule has 0 aliphatic carbocycles. The number of hydrogen-bond acceptors (Lipinski definition) is 4. The number of hydrazine groups is 1. The van der Waals surface area contributed by atoms with Gasteiger partial charge in [0.1, 0.15) is 0 Å². The number of alkyl halides is 3.